The highest BCUT2D eigenvalue weighted by atomic mass is 16.6. The second-order valence-electron chi connectivity index (χ2n) is 10.8. The maximum Gasteiger partial charge on any atom is 0.274 e. The Hall–Kier alpha value is -3.14. The molecule has 4 rings (SSSR count). The molecule has 0 saturated carbocycles. The molecule has 0 unspecified atom stereocenters. The van der Waals surface area contributed by atoms with E-state index in [0.717, 1.165) is 55.2 Å². The molecule has 3 N–H and O–H groups in total. The number of hydrogen-bond donors (Lipinski definition) is 2. The van der Waals surface area contributed by atoms with E-state index >= 15 is 0 Å². The van der Waals surface area contributed by atoms with Crippen LogP contribution in [0.3, 0.4) is 0 Å². The number of methoxy groups -OCH3 is 1. The Morgan fingerprint density at radius 3 is 2.51 bits per heavy atom. The van der Waals surface area contributed by atoms with Crippen molar-refractivity contribution in [3.8, 4) is 11.5 Å². The molecule has 2 aliphatic heterocycles. The van der Waals surface area contributed by atoms with Crippen LogP contribution in [0.2, 0.25) is 0 Å². The van der Waals surface area contributed by atoms with Crippen molar-refractivity contribution in [1.82, 2.24) is 9.80 Å². The number of nitrogens with two attached hydrogens (primary N) is 1. The molecule has 2 aliphatic rings. The average Bonchev–Trinajstić information content (AvgIpc) is 3.37. The van der Waals surface area contributed by atoms with Crippen molar-refractivity contribution in [3.05, 3.63) is 81.8 Å². The lowest BCUT2D eigenvalue weighted by Gasteiger charge is -2.45. The SMILES string of the molecule is COCCCC[C@@](O)(c1ccccc1Oc1ccccc1C)[C@@H]1CCCN(C(=C[N+](=O)[O-])N2CC[C@H](N)C2)C1. The molecule has 0 aromatic heterocycles. The molecule has 0 bridgehead atoms. The number of likely N-dealkylation sites (tertiary alicyclic amines) is 2. The van der Waals surface area contributed by atoms with Gasteiger partial charge in [-0.15, -0.1) is 0 Å². The van der Waals surface area contributed by atoms with E-state index in [4.69, 9.17) is 15.2 Å². The molecule has 39 heavy (non-hydrogen) atoms. The van der Waals surface area contributed by atoms with Crippen LogP contribution in [0.25, 0.3) is 0 Å². The fourth-order valence-electron chi connectivity index (χ4n) is 5.93. The van der Waals surface area contributed by atoms with E-state index in [1.807, 2.05) is 60.4 Å². The van der Waals surface area contributed by atoms with Crippen molar-refractivity contribution in [1.29, 1.82) is 0 Å². The summed E-state index contributed by atoms with van der Waals surface area (Å²) in [6.45, 7) is 5.11. The third-order valence-electron chi connectivity index (χ3n) is 8.01. The van der Waals surface area contributed by atoms with E-state index in [1.54, 1.807) is 7.11 Å². The van der Waals surface area contributed by atoms with Gasteiger partial charge in [0, 0.05) is 57.4 Å². The standard InChI is InChI=1S/C30H42N4O5/c1-23-10-3-5-13-27(23)39-28-14-6-4-12-26(28)30(35,16-7-8-19-38-2)24-11-9-17-32(20-24)29(22-34(36)37)33-18-15-25(31)21-33/h3-6,10,12-14,22,24-25,35H,7-9,11,15-21,31H2,1-2H3/t24-,25+,30+/m1/s1. The van der Waals surface area contributed by atoms with Crippen LogP contribution < -0.4 is 10.5 Å². The number of aliphatic hydroxyl groups is 1. The summed E-state index contributed by atoms with van der Waals surface area (Å²) < 4.78 is 11.7. The molecule has 0 spiro atoms. The Bertz CT molecular complexity index is 1140. The van der Waals surface area contributed by atoms with Crippen molar-refractivity contribution in [2.75, 3.05) is 39.9 Å². The van der Waals surface area contributed by atoms with Gasteiger partial charge >= 0.3 is 0 Å². The fourth-order valence-corrected chi connectivity index (χ4v) is 5.93. The number of nitro groups is 1. The van der Waals surface area contributed by atoms with Crippen LogP contribution in [0.15, 0.2) is 60.6 Å². The number of rotatable bonds is 12. The summed E-state index contributed by atoms with van der Waals surface area (Å²) in [5, 5.41) is 24.2. The smallest absolute Gasteiger partial charge is 0.274 e. The van der Waals surface area contributed by atoms with Gasteiger partial charge in [-0.05, 0) is 63.1 Å². The van der Waals surface area contributed by atoms with E-state index in [-0.39, 0.29) is 16.9 Å². The summed E-state index contributed by atoms with van der Waals surface area (Å²) in [5.74, 6) is 1.81. The zero-order chi connectivity index (χ0) is 27.8. The van der Waals surface area contributed by atoms with Crippen molar-refractivity contribution < 1.29 is 19.5 Å². The molecule has 2 saturated heterocycles. The molecule has 212 valence electrons. The van der Waals surface area contributed by atoms with Gasteiger partial charge in [-0.1, -0.05) is 36.4 Å². The van der Waals surface area contributed by atoms with Crippen molar-refractivity contribution in [3.63, 3.8) is 0 Å². The molecule has 9 heteroatoms. The van der Waals surface area contributed by atoms with E-state index < -0.39 is 5.60 Å². The predicted molar refractivity (Wildman–Crippen MR) is 151 cm³/mol. The molecule has 3 atom stereocenters. The van der Waals surface area contributed by atoms with Gasteiger partial charge in [0.25, 0.3) is 6.20 Å². The number of hydrogen-bond acceptors (Lipinski definition) is 8. The molecule has 2 heterocycles. The van der Waals surface area contributed by atoms with E-state index in [9.17, 15) is 15.2 Å². The van der Waals surface area contributed by atoms with Crippen LogP contribution in [0.5, 0.6) is 11.5 Å². The first-order valence-electron chi connectivity index (χ1n) is 14.0. The number of aryl methyl sites for hydroxylation is 1. The van der Waals surface area contributed by atoms with E-state index in [2.05, 4.69) is 4.90 Å². The van der Waals surface area contributed by atoms with Crippen LogP contribution in [0.1, 0.15) is 49.7 Å². The largest absolute Gasteiger partial charge is 0.457 e. The average molecular weight is 539 g/mol. The van der Waals surface area contributed by atoms with Crippen LogP contribution in [0, 0.1) is 23.0 Å². The quantitative estimate of drug-likeness (QED) is 0.229. The van der Waals surface area contributed by atoms with Gasteiger partial charge in [0.1, 0.15) is 11.5 Å². The third kappa shape index (κ3) is 7.09. The Kier molecular flexibility index (Phi) is 9.83. The van der Waals surface area contributed by atoms with Gasteiger partial charge in [0.15, 0.2) is 5.82 Å². The lowest BCUT2D eigenvalue weighted by atomic mass is 9.73. The Morgan fingerprint density at radius 2 is 1.82 bits per heavy atom. The maximum absolute atomic E-state index is 12.6. The van der Waals surface area contributed by atoms with Crippen LogP contribution in [-0.4, -0.2) is 65.8 Å². The number of benzene rings is 2. The maximum atomic E-state index is 12.6. The van der Waals surface area contributed by atoms with Crippen LogP contribution >= 0.6 is 0 Å². The lowest BCUT2D eigenvalue weighted by Crippen LogP contribution is -2.48. The van der Waals surface area contributed by atoms with Gasteiger partial charge in [0.2, 0.25) is 0 Å². The minimum atomic E-state index is -1.19. The summed E-state index contributed by atoms with van der Waals surface area (Å²) in [6.07, 6.45) is 5.67. The molecular formula is C30H42N4O5. The first-order valence-corrected chi connectivity index (χ1v) is 14.0. The topological polar surface area (TPSA) is 114 Å². The molecule has 0 amide bonds. The summed E-state index contributed by atoms with van der Waals surface area (Å²) in [5.41, 5.74) is 6.72. The van der Waals surface area contributed by atoms with E-state index in [1.165, 1.54) is 0 Å². The highest BCUT2D eigenvalue weighted by molar-refractivity contribution is 5.44. The molecule has 2 aromatic rings. The third-order valence-corrected chi connectivity index (χ3v) is 8.01. The summed E-state index contributed by atoms with van der Waals surface area (Å²) >= 11 is 0. The van der Waals surface area contributed by atoms with Gasteiger partial charge in [-0.2, -0.15) is 0 Å². The number of nitrogens with zero attached hydrogens (tertiary/aromatic N) is 3. The summed E-state index contributed by atoms with van der Waals surface area (Å²) in [7, 11) is 1.68. The second-order valence-corrected chi connectivity index (χ2v) is 10.8. The fraction of sp³-hybridized carbons (Fsp3) is 0.533. The van der Waals surface area contributed by atoms with Gasteiger partial charge in [-0.3, -0.25) is 10.1 Å². The first-order chi connectivity index (χ1) is 18.8. The highest BCUT2D eigenvalue weighted by Crippen LogP contribution is 2.45. The monoisotopic (exact) mass is 538 g/mol. The molecule has 0 aliphatic carbocycles. The minimum absolute atomic E-state index is 0.00364. The zero-order valence-corrected chi connectivity index (χ0v) is 23.1. The lowest BCUT2D eigenvalue weighted by molar-refractivity contribution is -0.405. The Morgan fingerprint density at radius 1 is 1.10 bits per heavy atom. The van der Waals surface area contributed by atoms with Crippen LogP contribution in [-0.2, 0) is 10.3 Å². The predicted octanol–water partition coefficient (Wildman–Crippen LogP) is 4.61. The molecular weight excluding hydrogens is 496 g/mol. The Balaban J connectivity index is 1.67. The van der Waals surface area contributed by atoms with Gasteiger partial charge in [-0.25, -0.2) is 0 Å². The minimum Gasteiger partial charge on any atom is -0.457 e. The van der Waals surface area contributed by atoms with Crippen molar-refractivity contribution in [2.45, 2.75) is 57.1 Å². The normalized spacial score (nSPS) is 21.6. The molecule has 2 aromatic carbocycles. The molecule has 0 radical (unpaired) electrons. The van der Waals surface area contributed by atoms with Crippen molar-refractivity contribution >= 4 is 0 Å². The first kappa shape index (κ1) is 28.9. The number of ether oxygens (including phenoxy) is 2. The van der Waals surface area contributed by atoms with Gasteiger partial charge in [0.05, 0.1) is 10.5 Å². The number of piperidine rings is 1. The zero-order valence-electron chi connectivity index (χ0n) is 23.1. The number of unbranched alkanes of at least 4 members (excludes halogenated alkanes) is 1. The molecule has 2 fully saturated rings. The summed E-state index contributed by atoms with van der Waals surface area (Å²) in [6, 6.07) is 15.6. The Labute approximate surface area is 231 Å². The second kappa shape index (κ2) is 13.3. The number of para-hydroxylation sites is 2. The van der Waals surface area contributed by atoms with Crippen molar-refractivity contribution in [2.24, 2.45) is 11.7 Å². The van der Waals surface area contributed by atoms with Crippen LogP contribution in [0.4, 0.5) is 0 Å². The van der Waals surface area contributed by atoms with Gasteiger partial charge < -0.3 is 30.1 Å². The summed E-state index contributed by atoms with van der Waals surface area (Å²) in [4.78, 5) is 15.3. The molecule has 9 nitrogen and oxygen atoms in total. The van der Waals surface area contributed by atoms with E-state index in [0.29, 0.717) is 50.8 Å². The highest BCUT2D eigenvalue weighted by Gasteiger charge is 2.43.